The molecule has 70 valence electrons. The molecule has 0 aliphatic heterocycles. The number of benzene rings is 2. The molecule has 0 fully saturated rings. The highest BCUT2D eigenvalue weighted by Crippen LogP contribution is 2.25. The number of amides is 1. The second kappa shape index (κ2) is 3.42. The number of rotatable bonds is 1. The van der Waals surface area contributed by atoms with Crippen molar-refractivity contribution in [2.45, 2.75) is 0 Å². The zero-order valence-corrected chi connectivity index (χ0v) is 8.91. The number of halogens is 1. The van der Waals surface area contributed by atoms with Crippen molar-refractivity contribution in [2.24, 2.45) is 5.73 Å². The molecule has 0 aliphatic rings. The quantitative estimate of drug-likeness (QED) is 0.830. The third kappa shape index (κ3) is 1.40. The Morgan fingerprint density at radius 3 is 2.43 bits per heavy atom. The van der Waals surface area contributed by atoms with E-state index in [1.807, 2.05) is 30.3 Å². The van der Waals surface area contributed by atoms with Gasteiger partial charge in [0.25, 0.3) is 0 Å². The highest BCUT2D eigenvalue weighted by atomic mass is 79.9. The molecule has 2 nitrogen and oxygen atoms in total. The summed E-state index contributed by atoms with van der Waals surface area (Å²) in [5.74, 6) is -0.395. The fourth-order valence-corrected chi connectivity index (χ4v) is 1.98. The van der Waals surface area contributed by atoms with E-state index in [0.29, 0.717) is 5.56 Å². The lowest BCUT2D eigenvalue weighted by molar-refractivity contribution is 0.100. The van der Waals surface area contributed by atoms with Crippen LogP contribution in [-0.2, 0) is 0 Å². The topological polar surface area (TPSA) is 43.1 Å². The van der Waals surface area contributed by atoms with Crippen molar-refractivity contribution in [1.29, 1.82) is 0 Å². The number of hydrogen-bond donors (Lipinski definition) is 1. The molecule has 0 saturated heterocycles. The Bertz CT molecular complexity index is 508. The molecule has 14 heavy (non-hydrogen) atoms. The van der Waals surface area contributed by atoms with Gasteiger partial charge in [-0.1, -0.05) is 40.2 Å². The average molecular weight is 250 g/mol. The molecule has 1 amide bonds. The lowest BCUT2D eigenvalue weighted by atomic mass is 10.0. The van der Waals surface area contributed by atoms with E-state index in [2.05, 4.69) is 15.9 Å². The Labute approximate surface area is 89.8 Å². The molecule has 0 saturated carbocycles. The zero-order chi connectivity index (χ0) is 10.1. The second-order valence-corrected chi connectivity index (χ2v) is 3.86. The van der Waals surface area contributed by atoms with Crippen molar-refractivity contribution in [2.75, 3.05) is 0 Å². The molecule has 3 heteroatoms. The van der Waals surface area contributed by atoms with Crippen LogP contribution >= 0.6 is 15.9 Å². The van der Waals surface area contributed by atoms with E-state index in [1.54, 1.807) is 6.07 Å². The molecule has 0 unspecified atom stereocenters. The second-order valence-electron chi connectivity index (χ2n) is 3.00. The summed E-state index contributed by atoms with van der Waals surface area (Å²) in [6, 6.07) is 11.2. The summed E-state index contributed by atoms with van der Waals surface area (Å²) in [6.45, 7) is 0. The molecule has 0 bridgehead atoms. The van der Waals surface area contributed by atoms with Gasteiger partial charge < -0.3 is 5.73 Å². The van der Waals surface area contributed by atoms with Crippen LogP contribution in [-0.4, -0.2) is 5.91 Å². The molecule has 0 heterocycles. The van der Waals surface area contributed by atoms with E-state index in [9.17, 15) is 4.79 Å². The van der Waals surface area contributed by atoms with E-state index in [4.69, 9.17) is 5.73 Å². The minimum Gasteiger partial charge on any atom is -0.366 e. The number of fused-ring (bicyclic) bond motifs is 1. The standard InChI is InChI=1S/C11H8BrNO/c12-10-6-2-3-7-8(10)4-1-5-9(7)11(13)14/h1-6H,(H2,13,14). The molecule has 0 aliphatic carbocycles. The smallest absolute Gasteiger partial charge is 0.249 e. The number of carbonyl (C=O) groups excluding carboxylic acids is 1. The van der Waals surface area contributed by atoms with E-state index < -0.39 is 5.91 Å². The van der Waals surface area contributed by atoms with Gasteiger partial charge in [-0.15, -0.1) is 0 Å². The Hall–Kier alpha value is -1.35. The molecule has 2 aromatic rings. The first-order valence-corrected chi connectivity index (χ1v) is 4.96. The normalized spacial score (nSPS) is 10.4. The summed E-state index contributed by atoms with van der Waals surface area (Å²) in [7, 11) is 0. The van der Waals surface area contributed by atoms with Crippen LogP contribution in [0.3, 0.4) is 0 Å². The van der Waals surface area contributed by atoms with Crippen molar-refractivity contribution < 1.29 is 4.79 Å². The van der Waals surface area contributed by atoms with Crippen LogP contribution < -0.4 is 5.73 Å². The minimum absolute atomic E-state index is 0.395. The van der Waals surface area contributed by atoms with Gasteiger partial charge in [0.1, 0.15) is 0 Å². The summed E-state index contributed by atoms with van der Waals surface area (Å²) in [4.78, 5) is 11.1. The molecular formula is C11H8BrNO. The first kappa shape index (κ1) is 9.21. The Balaban J connectivity index is 2.88. The summed E-state index contributed by atoms with van der Waals surface area (Å²) in [5.41, 5.74) is 5.83. The molecular weight excluding hydrogens is 242 g/mol. The van der Waals surface area contributed by atoms with Gasteiger partial charge in [-0.25, -0.2) is 0 Å². The fraction of sp³-hybridized carbons (Fsp3) is 0. The minimum atomic E-state index is -0.395. The molecule has 0 radical (unpaired) electrons. The third-order valence-electron chi connectivity index (χ3n) is 2.13. The summed E-state index contributed by atoms with van der Waals surface area (Å²) >= 11 is 3.43. The molecule has 2 rings (SSSR count). The summed E-state index contributed by atoms with van der Waals surface area (Å²) in [5, 5.41) is 1.89. The van der Waals surface area contributed by atoms with E-state index >= 15 is 0 Å². The Morgan fingerprint density at radius 1 is 1.07 bits per heavy atom. The van der Waals surface area contributed by atoms with Crippen molar-refractivity contribution in [1.82, 2.24) is 0 Å². The lowest BCUT2D eigenvalue weighted by Gasteiger charge is -2.03. The predicted octanol–water partition coefficient (Wildman–Crippen LogP) is 2.70. The van der Waals surface area contributed by atoms with Crippen molar-refractivity contribution >= 4 is 32.6 Å². The van der Waals surface area contributed by atoms with E-state index in [1.165, 1.54) is 0 Å². The van der Waals surface area contributed by atoms with Gasteiger partial charge in [0.05, 0.1) is 0 Å². The van der Waals surface area contributed by atoms with E-state index in [-0.39, 0.29) is 0 Å². The SMILES string of the molecule is NC(=O)c1cccc2c(Br)cccc12. The van der Waals surface area contributed by atoms with Gasteiger partial charge in [0, 0.05) is 10.0 Å². The van der Waals surface area contributed by atoms with E-state index in [0.717, 1.165) is 15.2 Å². The van der Waals surface area contributed by atoms with Crippen LogP contribution in [0.1, 0.15) is 10.4 Å². The van der Waals surface area contributed by atoms with Gasteiger partial charge in [0.2, 0.25) is 5.91 Å². The number of nitrogens with two attached hydrogens (primary N) is 1. The molecule has 0 atom stereocenters. The summed E-state index contributed by atoms with van der Waals surface area (Å²) in [6.07, 6.45) is 0. The van der Waals surface area contributed by atoms with Gasteiger partial charge in [-0.2, -0.15) is 0 Å². The van der Waals surface area contributed by atoms with Crippen LogP contribution in [0.25, 0.3) is 10.8 Å². The maximum absolute atomic E-state index is 11.1. The maximum Gasteiger partial charge on any atom is 0.249 e. The highest BCUT2D eigenvalue weighted by Gasteiger charge is 2.06. The van der Waals surface area contributed by atoms with Crippen LogP contribution in [0.4, 0.5) is 0 Å². The summed E-state index contributed by atoms with van der Waals surface area (Å²) < 4.78 is 0.970. The first-order chi connectivity index (χ1) is 6.70. The lowest BCUT2D eigenvalue weighted by Crippen LogP contribution is -2.11. The Kier molecular flexibility index (Phi) is 2.25. The van der Waals surface area contributed by atoms with Crippen LogP contribution in [0.15, 0.2) is 40.9 Å². The molecule has 0 spiro atoms. The largest absolute Gasteiger partial charge is 0.366 e. The van der Waals surface area contributed by atoms with Crippen LogP contribution in [0.2, 0.25) is 0 Å². The zero-order valence-electron chi connectivity index (χ0n) is 7.33. The number of primary amides is 1. The molecule has 2 N–H and O–H groups in total. The maximum atomic E-state index is 11.1. The predicted molar refractivity (Wildman–Crippen MR) is 60.2 cm³/mol. The van der Waals surface area contributed by atoms with Gasteiger partial charge in [0.15, 0.2) is 0 Å². The fourth-order valence-electron chi connectivity index (χ4n) is 1.49. The third-order valence-corrected chi connectivity index (χ3v) is 2.83. The molecule has 0 aromatic heterocycles. The van der Waals surface area contributed by atoms with Gasteiger partial charge >= 0.3 is 0 Å². The van der Waals surface area contributed by atoms with Crippen molar-refractivity contribution in [3.8, 4) is 0 Å². The number of carbonyl (C=O) groups is 1. The first-order valence-electron chi connectivity index (χ1n) is 4.17. The van der Waals surface area contributed by atoms with Crippen molar-refractivity contribution in [3.63, 3.8) is 0 Å². The van der Waals surface area contributed by atoms with Gasteiger partial charge in [-0.3, -0.25) is 4.79 Å². The van der Waals surface area contributed by atoms with Gasteiger partial charge in [-0.05, 0) is 22.9 Å². The van der Waals surface area contributed by atoms with Crippen molar-refractivity contribution in [3.05, 3.63) is 46.4 Å². The number of hydrogen-bond acceptors (Lipinski definition) is 1. The highest BCUT2D eigenvalue weighted by molar-refractivity contribution is 9.10. The Morgan fingerprint density at radius 2 is 1.71 bits per heavy atom. The average Bonchev–Trinajstić information content (AvgIpc) is 2.17. The van der Waals surface area contributed by atoms with Crippen LogP contribution in [0, 0.1) is 0 Å². The molecule has 2 aromatic carbocycles. The van der Waals surface area contributed by atoms with Crippen LogP contribution in [0.5, 0.6) is 0 Å². The monoisotopic (exact) mass is 249 g/mol.